The SMILES string of the molecule is CCCN(CC(=O)NCc1ccccc1)[C@@H]1COC[C@@H](O)[C@H]1O. The number of amides is 1. The number of nitrogens with zero attached hydrogens (tertiary/aromatic N) is 1. The average Bonchev–Trinajstić information content (AvgIpc) is 2.56. The van der Waals surface area contributed by atoms with Gasteiger partial charge in [-0.15, -0.1) is 0 Å². The fraction of sp³-hybridized carbons (Fsp3) is 0.588. The summed E-state index contributed by atoms with van der Waals surface area (Å²) in [7, 11) is 0. The van der Waals surface area contributed by atoms with Gasteiger partial charge in [0.15, 0.2) is 0 Å². The Morgan fingerprint density at radius 3 is 2.74 bits per heavy atom. The van der Waals surface area contributed by atoms with Crippen molar-refractivity contribution in [2.24, 2.45) is 0 Å². The Kier molecular flexibility index (Phi) is 6.98. The van der Waals surface area contributed by atoms with E-state index in [1.807, 2.05) is 42.2 Å². The molecule has 6 nitrogen and oxygen atoms in total. The Balaban J connectivity index is 1.89. The zero-order valence-corrected chi connectivity index (χ0v) is 13.5. The first-order valence-corrected chi connectivity index (χ1v) is 8.10. The molecule has 1 aliphatic heterocycles. The van der Waals surface area contributed by atoms with Crippen LogP contribution >= 0.6 is 0 Å². The highest BCUT2D eigenvalue weighted by Gasteiger charge is 2.35. The number of benzene rings is 1. The third kappa shape index (κ3) is 5.28. The van der Waals surface area contributed by atoms with Crippen LogP contribution in [0.1, 0.15) is 18.9 Å². The molecule has 0 spiro atoms. The van der Waals surface area contributed by atoms with Crippen molar-refractivity contribution in [1.29, 1.82) is 0 Å². The molecule has 1 saturated heterocycles. The van der Waals surface area contributed by atoms with E-state index in [4.69, 9.17) is 4.74 Å². The first kappa shape index (κ1) is 17.9. The third-order valence-electron chi connectivity index (χ3n) is 4.02. The van der Waals surface area contributed by atoms with Crippen molar-refractivity contribution in [3.05, 3.63) is 35.9 Å². The van der Waals surface area contributed by atoms with Crippen molar-refractivity contribution in [2.75, 3.05) is 26.3 Å². The number of ether oxygens (including phenoxy) is 1. The maximum absolute atomic E-state index is 12.2. The van der Waals surface area contributed by atoms with Crippen LogP contribution in [0, 0.1) is 0 Å². The van der Waals surface area contributed by atoms with Crippen LogP contribution in [-0.2, 0) is 16.1 Å². The van der Waals surface area contributed by atoms with Crippen LogP contribution < -0.4 is 5.32 Å². The zero-order valence-electron chi connectivity index (χ0n) is 13.5. The number of aliphatic hydroxyl groups is 2. The topological polar surface area (TPSA) is 82.0 Å². The van der Waals surface area contributed by atoms with Gasteiger partial charge in [-0.25, -0.2) is 0 Å². The lowest BCUT2D eigenvalue weighted by Gasteiger charge is -2.39. The van der Waals surface area contributed by atoms with E-state index in [-0.39, 0.29) is 25.1 Å². The van der Waals surface area contributed by atoms with E-state index in [2.05, 4.69) is 5.32 Å². The maximum atomic E-state index is 12.2. The summed E-state index contributed by atoms with van der Waals surface area (Å²) in [4.78, 5) is 14.1. The molecule has 1 fully saturated rings. The summed E-state index contributed by atoms with van der Waals surface area (Å²) < 4.78 is 5.32. The molecular formula is C17H26N2O4. The highest BCUT2D eigenvalue weighted by Crippen LogP contribution is 2.15. The average molecular weight is 322 g/mol. The van der Waals surface area contributed by atoms with Gasteiger partial charge >= 0.3 is 0 Å². The van der Waals surface area contributed by atoms with E-state index in [0.29, 0.717) is 19.7 Å². The zero-order chi connectivity index (χ0) is 16.7. The number of hydrogen-bond donors (Lipinski definition) is 3. The summed E-state index contributed by atoms with van der Waals surface area (Å²) >= 11 is 0. The van der Waals surface area contributed by atoms with Crippen LogP contribution in [0.25, 0.3) is 0 Å². The van der Waals surface area contributed by atoms with E-state index >= 15 is 0 Å². The minimum atomic E-state index is -0.902. The smallest absolute Gasteiger partial charge is 0.234 e. The Labute approximate surface area is 137 Å². The predicted octanol–water partition coefficient (Wildman–Crippen LogP) is 0.135. The van der Waals surface area contributed by atoms with Gasteiger partial charge in [0.05, 0.1) is 31.9 Å². The Morgan fingerprint density at radius 1 is 1.30 bits per heavy atom. The van der Waals surface area contributed by atoms with E-state index < -0.39 is 12.2 Å². The summed E-state index contributed by atoms with van der Waals surface area (Å²) in [5.41, 5.74) is 1.04. The molecule has 0 saturated carbocycles. The number of carbonyl (C=O) groups excluding carboxylic acids is 1. The fourth-order valence-corrected chi connectivity index (χ4v) is 2.77. The molecule has 1 aromatic carbocycles. The van der Waals surface area contributed by atoms with Crippen LogP contribution in [0.2, 0.25) is 0 Å². The van der Waals surface area contributed by atoms with Crippen LogP contribution in [0.4, 0.5) is 0 Å². The van der Waals surface area contributed by atoms with Crippen molar-refractivity contribution < 1.29 is 19.7 Å². The van der Waals surface area contributed by atoms with Crippen LogP contribution in [0.3, 0.4) is 0 Å². The van der Waals surface area contributed by atoms with Gasteiger partial charge in [0.2, 0.25) is 5.91 Å². The molecule has 6 heteroatoms. The van der Waals surface area contributed by atoms with Gasteiger partial charge in [0.1, 0.15) is 6.10 Å². The first-order valence-electron chi connectivity index (χ1n) is 8.10. The van der Waals surface area contributed by atoms with Crippen LogP contribution in [-0.4, -0.2) is 65.6 Å². The summed E-state index contributed by atoms with van der Waals surface area (Å²) in [6.45, 7) is 3.80. The second-order valence-corrected chi connectivity index (χ2v) is 5.90. The molecule has 1 heterocycles. The van der Waals surface area contributed by atoms with Crippen molar-refractivity contribution in [2.45, 2.75) is 38.1 Å². The Hall–Kier alpha value is -1.47. The highest BCUT2D eigenvalue weighted by molar-refractivity contribution is 5.78. The molecule has 1 amide bonds. The number of carbonyl (C=O) groups is 1. The van der Waals surface area contributed by atoms with Crippen LogP contribution in [0.5, 0.6) is 0 Å². The summed E-state index contributed by atoms with van der Waals surface area (Å²) in [5, 5.41) is 22.8. The molecule has 1 aliphatic rings. The van der Waals surface area contributed by atoms with E-state index in [1.165, 1.54) is 0 Å². The normalized spacial score (nSPS) is 24.6. The largest absolute Gasteiger partial charge is 0.389 e. The molecule has 128 valence electrons. The molecule has 23 heavy (non-hydrogen) atoms. The predicted molar refractivity (Wildman–Crippen MR) is 86.8 cm³/mol. The van der Waals surface area contributed by atoms with Gasteiger partial charge in [-0.3, -0.25) is 9.69 Å². The second-order valence-electron chi connectivity index (χ2n) is 5.90. The molecular weight excluding hydrogens is 296 g/mol. The van der Waals surface area contributed by atoms with Gasteiger partial charge in [0.25, 0.3) is 0 Å². The van der Waals surface area contributed by atoms with Gasteiger partial charge in [0, 0.05) is 6.54 Å². The Bertz CT molecular complexity index is 483. The number of aliphatic hydroxyl groups excluding tert-OH is 2. The molecule has 2 rings (SSSR count). The Morgan fingerprint density at radius 2 is 2.04 bits per heavy atom. The lowest BCUT2D eigenvalue weighted by Crippen LogP contribution is -2.57. The molecule has 0 aromatic heterocycles. The number of rotatable bonds is 7. The summed E-state index contributed by atoms with van der Waals surface area (Å²) in [5.74, 6) is -0.102. The van der Waals surface area contributed by atoms with E-state index in [9.17, 15) is 15.0 Å². The minimum Gasteiger partial charge on any atom is -0.389 e. The summed E-state index contributed by atoms with van der Waals surface area (Å²) in [6.07, 6.45) is -0.941. The van der Waals surface area contributed by atoms with E-state index in [1.54, 1.807) is 0 Å². The first-order chi connectivity index (χ1) is 11.1. The highest BCUT2D eigenvalue weighted by atomic mass is 16.5. The number of nitrogens with one attached hydrogen (secondary N) is 1. The lowest BCUT2D eigenvalue weighted by atomic mass is 10.0. The molecule has 0 unspecified atom stereocenters. The lowest BCUT2D eigenvalue weighted by molar-refractivity contribution is -0.140. The molecule has 0 aliphatic carbocycles. The van der Waals surface area contributed by atoms with Crippen molar-refractivity contribution in [1.82, 2.24) is 10.2 Å². The molecule has 0 radical (unpaired) electrons. The maximum Gasteiger partial charge on any atom is 0.234 e. The van der Waals surface area contributed by atoms with Crippen LogP contribution in [0.15, 0.2) is 30.3 Å². The molecule has 3 atom stereocenters. The molecule has 0 bridgehead atoms. The third-order valence-corrected chi connectivity index (χ3v) is 4.02. The monoisotopic (exact) mass is 322 g/mol. The molecule has 3 N–H and O–H groups in total. The van der Waals surface area contributed by atoms with Gasteiger partial charge in [-0.2, -0.15) is 0 Å². The van der Waals surface area contributed by atoms with Crippen molar-refractivity contribution >= 4 is 5.91 Å². The van der Waals surface area contributed by atoms with Gasteiger partial charge < -0.3 is 20.3 Å². The van der Waals surface area contributed by atoms with Gasteiger partial charge in [-0.05, 0) is 18.5 Å². The minimum absolute atomic E-state index is 0.102. The second kappa shape index (κ2) is 8.98. The summed E-state index contributed by atoms with van der Waals surface area (Å²) in [6, 6.07) is 9.35. The standard InChI is InChI=1S/C17H26N2O4/c1-2-8-19(14-11-23-12-15(20)17(14)22)10-16(21)18-9-13-6-4-3-5-7-13/h3-7,14-15,17,20,22H,2,8-12H2,1H3,(H,18,21)/t14-,15-,17+/m1/s1. The van der Waals surface area contributed by atoms with E-state index in [0.717, 1.165) is 12.0 Å². The van der Waals surface area contributed by atoms with Gasteiger partial charge in [-0.1, -0.05) is 37.3 Å². The fourth-order valence-electron chi connectivity index (χ4n) is 2.77. The number of hydrogen-bond acceptors (Lipinski definition) is 5. The quantitative estimate of drug-likeness (QED) is 0.665. The molecule has 1 aromatic rings. The van der Waals surface area contributed by atoms with Crippen molar-refractivity contribution in [3.8, 4) is 0 Å². The van der Waals surface area contributed by atoms with Crippen molar-refractivity contribution in [3.63, 3.8) is 0 Å².